The third kappa shape index (κ3) is 2.37. The molecular weight excluding hydrogens is 170 g/mol. The molecule has 0 aromatic rings. The van der Waals surface area contributed by atoms with E-state index in [0.717, 1.165) is 11.8 Å². The van der Waals surface area contributed by atoms with Gasteiger partial charge in [0.1, 0.15) is 0 Å². The van der Waals surface area contributed by atoms with Crippen LogP contribution in [0.2, 0.25) is 0 Å². The lowest BCUT2D eigenvalue weighted by atomic mass is 9.84. The Kier molecular flexibility index (Phi) is 4.38. The summed E-state index contributed by atoms with van der Waals surface area (Å²) in [4.78, 5) is 0. The van der Waals surface area contributed by atoms with E-state index in [9.17, 15) is 0 Å². The average molecular weight is 190 g/mol. The minimum atomic E-state index is 0. The summed E-state index contributed by atoms with van der Waals surface area (Å²) in [6.45, 7) is 2.56. The summed E-state index contributed by atoms with van der Waals surface area (Å²) in [6.07, 6.45) is 8.98. The van der Waals surface area contributed by atoms with E-state index in [2.05, 4.69) is 5.32 Å². The van der Waals surface area contributed by atoms with Crippen LogP contribution in [-0.2, 0) is 0 Å². The topological polar surface area (TPSA) is 12.0 Å². The number of hydrogen-bond donors (Lipinski definition) is 1. The fraction of sp³-hybridized carbons (Fsp3) is 1.00. The van der Waals surface area contributed by atoms with Crippen LogP contribution in [0.3, 0.4) is 0 Å². The first-order valence-electron chi connectivity index (χ1n) is 5.17. The molecule has 2 fully saturated rings. The van der Waals surface area contributed by atoms with Crippen LogP contribution in [0.4, 0.5) is 0 Å². The van der Waals surface area contributed by atoms with Gasteiger partial charge in [-0.05, 0) is 37.8 Å². The van der Waals surface area contributed by atoms with Crippen molar-refractivity contribution in [2.75, 3.05) is 13.1 Å². The highest BCUT2D eigenvalue weighted by Gasteiger charge is 2.25. The van der Waals surface area contributed by atoms with Crippen LogP contribution >= 0.6 is 12.4 Å². The largest absolute Gasteiger partial charge is 0.317 e. The molecule has 12 heavy (non-hydrogen) atoms. The van der Waals surface area contributed by atoms with Crippen LogP contribution in [0.1, 0.15) is 38.5 Å². The smallest absolute Gasteiger partial charge is 0.00462 e. The van der Waals surface area contributed by atoms with Crippen molar-refractivity contribution in [2.24, 2.45) is 11.8 Å². The zero-order valence-electron chi connectivity index (χ0n) is 7.72. The standard InChI is InChI=1S/C10H19N.ClH/c1-2-4-9(3-1)10-5-7-11-8-6-10;/h9-11H,1-8H2;1H. The van der Waals surface area contributed by atoms with Gasteiger partial charge in [-0.1, -0.05) is 25.7 Å². The van der Waals surface area contributed by atoms with E-state index in [1.165, 1.54) is 51.6 Å². The maximum Gasteiger partial charge on any atom is -0.00462 e. The van der Waals surface area contributed by atoms with Crippen LogP contribution in [0.25, 0.3) is 0 Å². The van der Waals surface area contributed by atoms with Crippen molar-refractivity contribution in [1.82, 2.24) is 5.32 Å². The van der Waals surface area contributed by atoms with Gasteiger partial charge in [0.25, 0.3) is 0 Å². The van der Waals surface area contributed by atoms with Crippen molar-refractivity contribution in [3.05, 3.63) is 0 Å². The molecule has 1 heterocycles. The maximum atomic E-state index is 3.44. The summed E-state index contributed by atoms with van der Waals surface area (Å²) in [5, 5.41) is 3.44. The highest BCUT2D eigenvalue weighted by atomic mass is 35.5. The molecule has 0 amide bonds. The molecule has 0 spiro atoms. The molecule has 1 saturated carbocycles. The lowest BCUT2D eigenvalue weighted by Gasteiger charge is -2.27. The Morgan fingerprint density at radius 1 is 0.750 bits per heavy atom. The van der Waals surface area contributed by atoms with Crippen molar-refractivity contribution in [3.8, 4) is 0 Å². The van der Waals surface area contributed by atoms with Gasteiger partial charge in [0.2, 0.25) is 0 Å². The van der Waals surface area contributed by atoms with Gasteiger partial charge in [0.05, 0.1) is 0 Å². The van der Waals surface area contributed by atoms with E-state index >= 15 is 0 Å². The van der Waals surface area contributed by atoms with Gasteiger partial charge in [-0.25, -0.2) is 0 Å². The van der Waals surface area contributed by atoms with E-state index in [-0.39, 0.29) is 12.4 Å². The fourth-order valence-corrected chi connectivity index (χ4v) is 2.74. The van der Waals surface area contributed by atoms with Gasteiger partial charge in [0.15, 0.2) is 0 Å². The number of nitrogens with one attached hydrogen (secondary N) is 1. The number of hydrogen-bond acceptors (Lipinski definition) is 1. The zero-order valence-corrected chi connectivity index (χ0v) is 8.54. The molecule has 0 radical (unpaired) electrons. The van der Waals surface area contributed by atoms with E-state index in [0.29, 0.717) is 0 Å². The first-order chi connectivity index (χ1) is 5.47. The Hall–Kier alpha value is 0.250. The molecule has 1 N–H and O–H groups in total. The maximum absolute atomic E-state index is 3.44. The molecule has 72 valence electrons. The molecule has 0 unspecified atom stereocenters. The van der Waals surface area contributed by atoms with Crippen molar-refractivity contribution in [1.29, 1.82) is 0 Å². The van der Waals surface area contributed by atoms with Crippen LogP contribution < -0.4 is 5.32 Å². The molecule has 0 aromatic carbocycles. The van der Waals surface area contributed by atoms with Crippen molar-refractivity contribution < 1.29 is 0 Å². The quantitative estimate of drug-likeness (QED) is 0.669. The van der Waals surface area contributed by atoms with Crippen molar-refractivity contribution in [2.45, 2.75) is 38.5 Å². The Bertz CT molecular complexity index is 115. The molecule has 1 aliphatic carbocycles. The SMILES string of the molecule is C1CCC(C2CCNCC2)C1.Cl. The van der Waals surface area contributed by atoms with Gasteiger partial charge in [0, 0.05) is 0 Å². The molecule has 0 atom stereocenters. The summed E-state index contributed by atoms with van der Waals surface area (Å²) in [7, 11) is 0. The monoisotopic (exact) mass is 189 g/mol. The number of halogens is 1. The van der Waals surface area contributed by atoms with Gasteiger partial charge < -0.3 is 5.32 Å². The summed E-state index contributed by atoms with van der Waals surface area (Å²) >= 11 is 0. The predicted octanol–water partition coefficient (Wildman–Crippen LogP) is 2.60. The van der Waals surface area contributed by atoms with Gasteiger partial charge >= 0.3 is 0 Å². The Balaban J connectivity index is 0.000000720. The third-order valence-electron chi connectivity index (χ3n) is 3.45. The van der Waals surface area contributed by atoms with Gasteiger partial charge in [-0.15, -0.1) is 12.4 Å². The second kappa shape index (κ2) is 5.08. The highest BCUT2D eigenvalue weighted by molar-refractivity contribution is 5.85. The number of rotatable bonds is 1. The third-order valence-corrected chi connectivity index (χ3v) is 3.45. The minimum Gasteiger partial charge on any atom is -0.317 e. The van der Waals surface area contributed by atoms with E-state index < -0.39 is 0 Å². The molecule has 1 aliphatic heterocycles. The molecule has 2 aliphatic rings. The summed E-state index contributed by atoms with van der Waals surface area (Å²) in [5.74, 6) is 2.19. The molecule has 0 bridgehead atoms. The van der Waals surface area contributed by atoms with Crippen LogP contribution in [0, 0.1) is 11.8 Å². The fourth-order valence-electron chi connectivity index (χ4n) is 2.74. The second-order valence-electron chi connectivity index (χ2n) is 4.13. The molecule has 1 nitrogen and oxygen atoms in total. The highest BCUT2D eigenvalue weighted by Crippen LogP contribution is 2.35. The Morgan fingerprint density at radius 2 is 1.25 bits per heavy atom. The van der Waals surface area contributed by atoms with Crippen molar-refractivity contribution in [3.63, 3.8) is 0 Å². The zero-order chi connectivity index (χ0) is 7.52. The number of piperidine rings is 1. The molecule has 2 rings (SSSR count). The predicted molar refractivity (Wildman–Crippen MR) is 54.8 cm³/mol. The molecular formula is C10H20ClN. The average Bonchev–Trinajstić information content (AvgIpc) is 2.58. The second-order valence-corrected chi connectivity index (χ2v) is 4.13. The molecule has 2 heteroatoms. The van der Waals surface area contributed by atoms with Crippen LogP contribution in [0.5, 0.6) is 0 Å². The summed E-state index contributed by atoms with van der Waals surface area (Å²) in [6, 6.07) is 0. The summed E-state index contributed by atoms with van der Waals surface area (Å²) in [5.41, 5.74) is 0. The van der Waals surface area contributed by atoms with E-state index in [1.807, 2.05) is 0 Å². The molecule has 0 aromatic heterocycles. The van der Waals surface area contributed by atoms with Gasteiger partial charge in [-0.3, -0.25) is 0 Å². The normalized spacial score (nSPS) is 27.0. The van der Waals surface area contributed by atoms with E-state index in [4.69, 9.17) is 0 Å². The lowest BCUT2D eigenvalue weighted by Crippen LogP contribution is -2.30. The Morgan fingerprint density at radius 3 is 1.83 bits per heavy atom. The van der Waals surface area contributed by atoms with E-state index in [1.54, 1.807) is 0 Å². The Labute approximate surface area is 81.7 Å². The minimum absolute atomic E-state index is 0. The van der Waals surface area contributed by atoms with Crippen molar-refractivity contribution >= 4 is 12.4 Å². The molecule has 1 saturated heterocycles. The first kappa shape index (κ1) is 10.3. The summed E-state index contributed by atoms with van der Waals surface area (Å²) < 4.78 is 0. The first-order valence-corrected chi connectivity index (χ1v) is 5.17. The van der Waals surface area contributed by atoms with Gasteiger partial charge in [-0.2, -0.15) is 0 Å². The lowest BCUT2D eigenvalue weighted by molar-refractivity contribution is 0.263. The van der Waals surface area contributed by atoms with Crippen LogP contribution in [-0.4, -0.2) is 13.1 Å². The van der Waals surface area contributed by atoms with Crippen LogP contribution in [0.15, 0.2) is 0 Å².